The lowest BCUT2D eigenvalue weighted by atomic mass is 10.1. The van der Waals surface area contributed by atoms with Crippen molar-refractivity contribution in [2.24, 2.45) is 0 Å². The summed E-state index contributed by atoms with van der Waals surface area (Å²) in [5, 5.41) is 0. The normalized spacial score (nSPS) is 10.6. The Bertz CT molecular complexity index is 896. The number of carbonyl (C=O) groups excluding carboxylic acids is 1. The number of thioether (sulfide) groups is 1. The molecule has 0 spiro atoms. The van der Waals surface area contributed by atoms with E-state index in [1.807, 2.05) is 47.5 Å². The third kappa shape index (κ3) is 6.36. The highest BCUT2D eigenvalue weighted by Gasteiger charge is 2.15. The molecule has 4 nitrogen and oxygen atoms in total. The van der Waals surface area contributed by atoms with Crippen molar-refractivity contribution in [1.82, 2.24) is 9.88 Å². The zero-order valence-electron chi connectivity index (χ0n) is 16.9. The molecule has 0 radical (unpaired) electrons. The first-order valence-electron chi connectivity index (χ1n) is 9.69. The number of ether oxygens (including phenoxy) is 1. The molecule has 0 aliphatic rings. The molecule has 0 aliphatic heterocycles. The Labute approximate surface area is 176 Å². The second-order valence-electron chi connectivity index (χ2n) is 6.75. The molecule has 3 rings (SSSR count). The van der Waals surface area contributed by atoms with Gasteiger partial charge in [-0.15, -0.1) is 11.8 Å². The Hall–Kier alpha value is -2.79. The van der Waals surface area contributed by atoms with Gasteiger partial charge in [0.2, 0.25) is 5.91 Å². The van der Waals surface area contributed by atoms with Gasteiger partial charge in [0.05, 0.1) is 12.9 Å². The van der Waals surface area contributed by atoms with Gasteiger partial charge in [0.25, 0.3) is 0 Å². The minimum absolute atomic E-state index is 0.106. The van der Waals surface area contributed by atoms with Gasteiger partial charge in [0, 0.05) is 30.4 Å². The van der Waals surface area contributed by atoms with Gasteiger partial charge in [0.15, 0.2) is 0 Å². The second kappa shape index (κ2) is 10.7. The van der Waals surface area contributed by atoms with Crippen molar-refractivity contribution in [2.45, 2.75) is 31.3 Å². The van der Waals surface area contributed by atoms with Crippen LogP contribution in [0.4, 0.5) is 0 Å². The van der Waals surface area contributed by atoms with Crippen LogP contribution in [-0.2, 0) is 24.3 Å². The molecule has 0 N–H and O–H groups in total. The van der Waals surface area contributed by atoms with Crippen LogP contribution in [0, 0.1) is 0 Å². The number of amides is 1. The van der Waals surface area contributed by atoms with E-state index in [9.17, 15) is 4.79 Å². The molecule has 1 aromatic heterocycles. The molecule has 1 amide bonds. The minimum atomic E-state index is 0.106. The van der Waals surface area contributed by atoms with Gasteiger partial charge in [0.1, 0.15) is 5.75 Å². The molecular weight excluding hydrogens is 380 g/mol. The maximum absolute atomic E-state index is 13.0. The number of rotatable bonds is 9. The van der Waals surface area contributed by atoms with Gasteiger partial charge in [-0.3, -0.25) is 9.78 Å². The number of methoxy groups -OCH3 is 1. The van der Waals surface area contributed by atoms with E-state index in [1.54, 1.807) is 25.1 Å². The van der Waals surface area contributed by atoms with E-state index >= 15 is 0 Å². The number of aryl methyl sites for hydroxylation is 1. The van der Waals surface area contributed by atoms with Crippen molar-refractivity contribution in [1.29, 1.82) is 0 Å². The summed E-state index contributed by atoms with van der Waals surface area (Å²) in [6, 6.07) is 20.2. The highest BCUT2D eigenvalue weighted by atomic mass is 32.2. The fourth-order valence-electron chi connectivity index (χ4n) is 2.95. The van der Waals surface area contributed by atoms with E-state index in [0.29, 0.717) is 18.8 Å². The van der Waals surface area contributed by atoms with Gasteiger partial charge in [-0.05, 0) is 53.4 Å². The molecule has 2 aromatic carbocycles. The van der Waals surface area contributed by atoms with E-state index in [-0.39, 0.29) is 5.91 Å². The zero-order valence-corrected chi connectivity index (χ0v) is 17.7. The van der Waals surface area contributed by atoms with Gasteiger partial charge in [-0.25, -0.2) is 0 Å². The molecule has 0 fully saturated rings. The van der Waals surface area contributed by atoms with Crippen molar-refractivity contribution in [3.63, 3.8) is 0 Å². The Morgan fingerprint density at radius 3 is 2.28 bits per heavy atom. The van der Waals surface area contributed by atoms with Gasteiger partial charge >= 0.3 is 0 Å². The molecule has 0 aliphatic carbocycles. The Kier molecular flexibility index (Phi) is 7.70. The zero-order chi connectivity index (χ0) is 20.5. The van der Waals surface area contributed by atoms with E-state index in [1.165, 1.54) is 5.56 Å². The highest BCUT2D eigenvalue weighted by Crippen LogP contribution is 2.22. The van der Waals surface area contributed by atoms with Crippen molar-refractivity contribution in [3.05, 3.63) is 89.7 Å². The van der Waals surface area contributed by atoms with Crippen molar-refractivity contribution in [3.8, 4) is 5.75 Å². The number of hydrogen-bond acceptors (Lipinski definition) is 4. The Morgan fingerprint density at radius 1 is 0.966 bits per heavy atom. The number of aromatic nitrogens is 1. The topological polar surface area (TPSA) is 42.4 Å². The first-order valence-corrected chi connectivity index (χ1v) is 10.7. The molecule has 1 heterocycles. The second-order valence-corrected chi connectivity index (χ2v) is 7.79. The number of pyridine rings is 1. The molecule has 29 heavy (non-hydrogen) atoms. The maximum atomic E-state index is 13.0. The van der Waals surface area contributed by atoms with Crippen molar-refractivity contribution in [2.75, 3.05) is 12.9 Å². The van der Waals surface area contributed by atoms with Crippen LogP contribution < -0.4 is 4.74 Å². The van der Waals surface area contributed by atoms with Crippen LogP contribution in [0.2, 0.25) is 0 Å². The van der Waals surface area contributed by atoms with Crippen LogP contribution in [0.1, 0.15) is 23.6 Å². The van der Waals surface area contributed by atoms with E-state index in [4.69, 9.17) is 4.74 Å². The molecule has 150 valence electrons. The molecule has 5 heteroatoms. The van der Waals surface area contributed by atoms with Crippen molar-refractivity contribution < 1.29 is 9.53 Å². The van der Waals surface area contributed by atoms with Crippen LogP contribution in [0.25, 0.3) is 0 Å². The fourth-order valence-corrected chi connectivity index (χ4v) is 3.75. The molecular formula is C24H26N2O2S. The summed E-state index contributed by atoms with van der Waals surface area (Å²) >= 11 is 1.54. The molecule has 3 aromatic rings. The predicted molar refractivity (Wildman–Crippen MR) is 118 cm³/mol. The summed E-state index contributed by atoms with van der Waals surface area (Å²) in [6.45, 7) is 3.27. The quantitative estimate of drug-likeness (QED) is 0.470. The van der Waals surface area contributed by atoms with E-state index in [0.717, 1.165) is 28.2 Å². The number of carbonyl (C=O) groups is 1. The lowest BCUT2D eigenvalue weighted by molar-refractivity contribution is -0.129. The molecule has 0 atom stereocenters. The molecule has 0 saturated carbocycles. The van der Waals surface area contributed by atoms with Crippen LogP contribution in [0.3, 0.4) is 0 Å². The minimum Gasteiger partial charge on any atom is -0.497 e. The highest BCUT2D eigenvalue weighted by molar-refractivity contribution is 8.00. The monoisotopic (exact) mass is 406 g/mol. The fraction of sp³-hybridized carbons (Fsp3) is 0.250. The molecule has 0 bridgehead atoms. The Balaban J connectivity index is 1.68. The summed E-state index contributed by atoms with van der Waals surface area (Å²) in [5.74, 6) is 1.31. The third-order valence-corrected chi connectivity index (χ3v) is 5.67. The van der Waals surface area contributed by atoms with Crippen molar-refractivity contribution >= 4 is 17.7 Å². The largest absolute Gasteiger partial charge is 0.497 e. The summed E-state index contributed by atoms with van der Waals surface area (Å²) in [6.07, 6.45) is 4.58. The average molecular weight is 407 g/mol. The van der Waals surface area contributed by atoms with Crippen LogP contribution in [0.5, 0.6) is 5.75 Å². The summed E-state index contributed by atoms with van der Waals surface area (Å²) in [5.41, 5.74) is 3.46. The Morgan fingerprint density at radius 2 is 1.66 bits per heavy atom. The summed E-state index contributed by atoms with van der Waals surface area (Å²) in [4.78, 5) is 20.2. The first-order chi connectivity index (χ1) is 14.2. The number of nitrogens with zero attached hydrogens (tertiary/aromatic N) is 2. The average Bonchev–Trinajstić information content (AvgIpc) is 2.78. The SMILES string of the molecule is CCc1ccc(CN(Cc2cccnc2)C(=O)CSc2ccc(OC)cc2)cc1. The molecule has 0 unspecified atom stereocenters. The lowest BCUT2D eigenvalue weighted by Gasteiger charge is -2.23. The standard InChI is InChI=1S/C24H26N2O2S/c1-3-19-6-8-20(9-7-19)16-26(17-21-5-4-14-25-15-21)24(27)18-29-23-12-10-22(28-2)11-13-23/h4-15H,3,16-18H2,1-2H3. The maximum Gasteiger partial charge on any atom is 0.233 e. The van der Waals surface area contributed by atoms with E-state index in [2.05, 4.69) is 36.2 Å². The summed E-state index contributed by atoms with van der Waals surface area (Å²) in [7, 11) is 1.65. The van der Waals surface area contributed by atoms with Gasteiger partial charge in [-0.2, -0.15) is 0 Å². The third-order valence-electron chi connectivity index (χ3n) is 4.68. The van der Waals surface area contributed by atoms with Crippen LogP contribution in [0.15, 0.2) is 78.0 Å². The van der Waals surface area contributed by atoms with Crippen LogP contribution in [-0.4, -0.2) is 28.7 Å². The van der Waals surface area contributed by atoms with Crippen LogP contribution >= 0.6 is 11.8 Å². The predicted octanol–water partition coefficient (Wildman–Crippen LogP) is 4.97. The number of hydrogen-bond donors (Lipinski definition) is 0. The summed E-state index contributed by atoms with van der Waals surface area (Å²) < 4.78 is 5.19. The number of benzene rings is 2. The first kappa shape index (κ1) is 20.9. The van der Waals surface area contributed by atoms with E-state index < -0.39 is 0 Å². The van der Waals surface area contributed by atoms with Gasteiger partial charge in [-0.1, -0.05) is 37.3 Å². The lowest BCUT2D eigenvalue weighted by Crippen LogP contribution is -2.31. The molecule has 0 saturated heterocycles. The van der Waals surface area contributed by atoms with Gasteiger partial charge < -0.3 is 9.64 Å². The smallest absolute Gasteiger partial charge is 0.233 e.